The summed E-state index contributed by atoms with van der Waals surface area (Å²) in [4.78, 5) is 13.7. The normalized spacial score (nSPS) is 27.4. The van der Waals surface area contributed by atoms with Crippen LogP contribution >= 0.6 is 0 Å². The number of anilines is 1. The zero-order valence-corrected chi connectivity index (χ0v) is 11.1. The number of likely N-dealkylation sites (N-methyl/N-ethyl adjacent to an activating group) is 1. The minimum Gasteiger partial charge on any atom is -0.315 e. The van der Waals surface area contributed by atoms with Crippen molar-refractivity contribution in [2.75, 3.05) is 18.5 Å². The van der Waals surface area contributed by atoms with Gasteiger partial charge in [0, 0.05) is 18.8 Å². The maximum absolute atomic E-state index is 12.0. The van der Waals surface area contributed by atoms with E-state index in [1.54, 1.807) is 4.90 Å². The molecule has 0 spiro atoms. The van der Waals surface area contributed by atoms with Crippen LogP contribution in [0.2, 0.25) is 0 Å². The first-order chi connectivity index (χ1) is 8.68. The molecule has 2 aliphatic heterocycles. The second-order valence-electron chi connectivity index (χ2n) is 5.44. The first-order valence-corrected chi connectivity index (χ1v) is 6.83. The van der Waals surface area contributed by atoms with Crippen molar-refractivity contribution in [2.24, 2.45) is 0 Å². The molecule has 1 saturated heterocycles. The van der Waals surface area contributed by atoms with Gasteiger partial charge in [0.15, 0.2) is 0 Å². The summed E-state index contributed by atoms with van der Waals surface area (Å²) in [6.45, 7) is 3.11. The van der Waals surface area contributed by atoms with Crippen LogP contribution in [-0.2, 0) is 4.79 Å². The first-order valence-electron chi connectivity index (χ1n) is 6.83. The van der Waals surface area contributed by atoms with E-state index in [1.807, 2.05) is 14.0 Å². The number of hydrogen-bond acceptors (Lipinski definition) is 2. The number of rotatable bonds is 1. The van der Waals surface area contributed by atoms with Crippen LogP contribution in [-0.4, -0.2) is 19.5 Å². The summed E-state index contributed by atoms with van der Waals surface area (Å²) in [5.74, 6) is 0.215. The maximum atomic E-state index is 12.0. The van der Waals surface area contributed by atoms with Crippen LogP contribution in [0, 0.1) is 0 Å². The predicted molar refractivity (Wildman–Crippen MR) is 72.9 cm³/mol. The van der Waals surface area contributed by atoms with Gasteiger partial charge in [-0.25, -0.2) is 0 Å². The molecule has 3 nitrogen and oxygen atoms in total. The molecule has 0 radical (unpaired) electrons. The van der Waals surface area contributed by atoms with Gasteiger partial charge in [-0.1, -0.05) is 18.6 Å². The number of nitrogens with one attached hydrogen (secondary N) is 1. The van der Waals surface area contributed by atoms with Gasteiger partial charge >= 0.3 is 0 Å². The Labute approximate surface area is 108 Å². The van der Waals surface area contributed by atoms with Gasteiger partial charge in [0.1, 0.15) is 0 Å². The van der Waals surface area contributed by atoms with E-state index in [0.29, 0.717) is 6.04 Å². The molecule has 1 aromatic rings. The van der Waals surface area contributed by atoms with Crippen molar-refractivity contribution in [3.8, 4) is 0 Å². The molecule has 0 aliphatic carbocycles. The molecule has 2 aliphatic rings. The van der Waals surface area contributed by atoms with Crippen molar-refractivity contribution in [3.05, 3.63) is 29.3 Å². The van der Waals surface area contributed by atoms with E-state index in [0.717, 1.165) is 12.2 Å². The van der Waals surface area contributed by atoms with Gasteiger partial charge in [-0.3, -0.25) is 4.79 Å². The second-order valence-corrected chi connectivity index (χ2v) is 5.44. The van der Waals surface area contributed by atoms with Crippen LogP contribution in [0.3, 0.4) is 0 Å². The summed E-state index contributed by atoms with van der Waals surface area (Å²) in [5, 5.41) is 3.57. The highest BCUT2D eigenvalue weighted by molar-refractivity contribution is 6.04. The van der Waals surface area contributed by atoms with E-state index in [1.165, 1.54) is 30.4 Å². The van der Waals surface area contributed by atoms with Gasteiger partial charge in [0.25, 0.3) is 0 Å². The number of piperidine rings is 1. The quantitative estimate of drug-likeness (QED) is 0.823. The van der Waals surface area contributed by atoms with Crippen LogP contribution in [0.4, 0.5) is 5.69 Å². The summed E-state index contributed by atoms with van der Waals surface area (Å²) >= 11 is 0. The number of fused-ring (bicyclic) bond motifs is 1. The third-order valence-corrected chi connectivity index (χ3v) is 4.29. The Bertz CT molecular complexity index is 477. The number of carbonyl (C=O) groups excluding carboxylic acids is 1. The van der Waals surface area contributed by atoms with E-state index >= 15 is 0 Å². The van der Waals surface area contributed by atoms with E-state index in [4.69, 9.17) is 0 Å². The Kier molecular flexibility index (Phi) is 2.86. The van der Waals surface area contributed by atoms with E-state index < -0.39 is 0 Å². The molecule has 1 fully saturated rings. The molecule has 1 amide bonds. The van der Waals surface area contributed by atoms with Gasteiger partial charge in [-0.2, -0.15) is 0 Å². The largest absolute Gasteiger partial charge is 0.315 e. The summed E-state index contributed by atoms with van der Waals surface area (Å²) in [7, 11) is 1.86. The maximum Gasteiger partial charge on any atom is 0.234 e. The lowest BCUT2D eigenvalue weighted by atomic mass is 9.93. The Morgan fingerprint density at radius 1 is 1.33 bits per heavy atom. The third-order valence-electron chi connectivity index (χ3n) is 4.29. The van der Waals surface area contributed by atoms with Gasteiger partial charge < -0.3 is 10.2 Å². The fourth-order valence-corrected chi connectivity index (χ4v) is 3.12. The molecule has 2 heterocycles. The summed E-state index contributed by atoms with van der Waals surface area (Å²) in [6.07, 6.45) is 3.78. The number of hydrogen-bond donors (Lipinski definition) is 1. The van der Waals surface area contributed by atoms with Crippen LogP contribution in [0.5, 0.6) is 0 Å². The number of amides is 1. The average Bonchev–Trinajstić information content (AvgIpc) is 2.65. The topological polar surface area (TPSA) is 32.3 Å². The predicted octanol–water partition coefficient (Wildman–Crippen LogP) is 2.58. The van der Waals surface area contributed by atoms with Gasteiger partial charge in [0.2, 0.25) is 5.91 Å². The van der Waals surface area contributed by atoms with Gasteiger partial charge in [-0.05, 0) is 43.5 Å². The minimum absolute atomic E-state index is 0.00791. The Morgan fingerprint density at radius 3 is 2.89 bits per heavy atom. The third kappa shape index (κ3) is 1.74. The van der Waals surface area contributed by atoms with Crippen LogP contribution in [0.15, 0.2) is 18.2 Å². The lowest BCUT2D eigenvalue weighted by Crippen LogP contribution is -2.26. The molecule has 0 bridgehead atoms. The monoisotopic (exact) mass is 244 g/mol. The minimum atomic E-state index is 0.00791. The molecule has 3 rings (SSSR count). The lowest BCUT2D eigenvalue weighted by molar-refractivity contribution is -0.118. The van der Waals surface area contributed by atoms with Crippen molar-refractivity contribution in [1.29, 1.82) is 0 Å². The molecular formula is C15H20N2O. The zero-order valence-electron chi connectivity index (χ0n) is 11.1. The molecule has 1 aromatic carbocycles. The highest BCUT2D eigenvalue weighted by atomic mass is 16.2. The Balaban J connectivity index is 1.94. The zero-order chi connectivity index (χ0) is 12.7. The number of benzene rings is 1. The first kappa shape index (κ1) is 11.7. The summed E-state index contributed by atoms with van der Waals surface area (Å²) in [5.41, 5.74) is 3.60. The fourth-order valence-electron chi connectivity index (χ4n) is 3.12. The molecule has 3 heteroatoms. The van der Waals surface area contributed by atoms with Crippen molar-refractivity contribution >= 4 is 11.6 Å². The van der Waals surface area contributed by atoms with E-state index in [2.05, 4.69) is 23.5 Å². The highest BCUT2D eigenvalue weighted by Gasteiger charge is 2.32. The van der Waals surface area contributed by atoms with Crippen LogP contribution < -0.4 is 10.2 Å². The van der Waals surface area contributed by atoms with Crippen LogP contribution in [0.25, 0.3) is 0 Å². The van der Waals surface area contributed by atoms with E-state index in [9.17, 15) is 4.79 Å². The second kappa shape index (κ2) is 4.39. The lowest BCUT2D eigenvalue weighted by Gasteiger charge is -2.24. The van der Waals surface area contributed by atoms with Crippen molar-refractivity contribution in [2.45, 2.75) is 38.1 Å². The summed E-state index contributed by atoms with van der Waals surface area (Å²) < 4.78 is 0. The van der Waals surface area contributed by atoms with Crippen molar-refractivity contribution < 1.29 is 4.79 Å². The SMILES string of the molecule is CC1C(=O)N(C)c2ccc(C3CCCCN3)cc21. The summed E-state index contributed by atoms with van der Waals surface area (Å²) in [6, 6.07) is 6.97. The molecule has 0 saturated carbocycles. The smallest absolute Gasteiger partial charge is 0.234 e. The highest BCUT2D eigenvalue weighted by Crippen LogP contribution is 2.38. The average molecular weight is 244 g/mol. The molecule has 0 aromatic heterocycles. The molecular weight excluding hydrogens is 224 g/mol. The van der Waals surface area contributed by atoms with Crippen LogP contribution in [0.1, 0.15) is 49.3 Å². The molecule has 18 heavy (non-hydrogen) atoms. The van der Waals surface area contributed by atoms with E-state index in [-0.39, 0.29) is 11.8 Å². The van der Waals surface area contributed by atoms with Crippen molar-refractivity contribution in [3.63, 3.8) is 0 Å². The molecule has 2 atom stereocenters. The fraction of sp³-hybridized carbons (Fsp3) is 0.533. The molecule has 1 N–H and O–H groups in total. The molecule has 96 valence electrons. The Morgan fingerprint density at radius 2 is 2.17 bits per heavy atom. The van der Waals surface area contributed by atoms with Gasteiger partial charge in [0.05, 0.1) is 5.92 Å². The number of nitrogens with zero attached hydrogens (tertiary/aromatic N) is 1. The van der Waals surface area contributed by atoms with Crippen molar-refractivity contribution in [1.82, 2.24) is 5.32 Å². The standard InChI is InChI=1S/C15H20N2O/c1-10-12-9-11(13-5-3-4-8-16-13)6-7-14(12)17(2)15(10)18/h6-7,9-10,13,16H,3-5,8H2,1-2H3. The van der Waals surface area contributed by atoms with Gasteiger partial charge in [-0.15, -0.1) is 0 Å². The molecule has 2 unspecified atom stereocenters. The Hall–Kier alpha value is -1.35. The number of carbonyl (C=O) groups is 1.